The third-order valence-corrected chi connectivity index (χ3v) is 13.7. The van der Waals surface area contributed by atoms with Gasteiger partial charge in [-0.05, 0) is 106 Å². The van der Waals surface area contributed by atoms with Crippen molar-refractivity contribution in [1.82, 2.24) is 19.6 Å². The summed E-state index contributed by atoms with van der Waals surface area (Å²) < 4.78 is 0. The lowest BCUT2D eigenvalue weighted by Gasteiger charge is -2.58. The third-order valence-electron chi connectivity index (χ3n) is 13.7. The van der Waals surface area contributed by atoms with E-state index in [2.05, 4.69) is 45.4 Å². The molecule has 0 aromatic carbocycles. The van der Waals surface area contributed by atoms with Crippen molar-refractivity contribution in [1.29, 1.82) is 5.41 Å². The molecular weight excluding hydrogens is 542 g/mol. The lowest BCUT2D eigenvalue weighted by atomic mass is 9.49. The van der Waals surface area contributed by atoms with Gasteiger partial charge in [0.15, 0.2) is 11.9 Å². The smallest absolute Gasteiger partial charge is 0.194 e. The number of hydrogen-bond donors (Lipinski definition) is 2. The minimum Gasteiger partial charge on any atom is -0.370 e. The fourth-order valence-electron chi connectivity index (χ4n) is 12.0. The lowest BCUT2D eigenvalue weighted by Crippen LogP contribution is -2.54. The summed E-state index contributed by atoms with van der Waals surface area (Å²) in [6, 6.07) is 1.96. The fourth-order valence-corrected chi connectivity index (χ4v) is 12.0. The minimum atomic E-state index is 0.440. The van der Waals surface area contributed by atoms with Crippen molar-refractivity contribution in [2.45, 2.75) is 148 Å². The van der Waals surface area contributed by atoms with Crippen LogP contribution in [0.3, 0.4) is 0 Å². The van der Waals surface area contributed by atoms with Crippen LogP contribution in [-0.2, 0) is 0 Å². The van der Waals surface area contributed by atoms with Crippen LogP contribution in [0.15, 0.2) is 4.99 Å². The van der Waals surface area contributed by atoms with Crippen molar-refractivity contribution < 1.29 is 0 Å². The Hall–Kier alpha value is -1.50. The normalized spacial score (nSPS) is 38.5. The summed E-state index contributed by atoms with van der Waals surface area (Å²) in [5.41, 5.74) is 6.96. The van der Waals surface area contributed by atoms with Crippen LogP contribution in [0.5, 0.6) is 0 Å². The second-order valence-electron chi connectivity index (χ2n) is 17.3. The Morgan fingerprint density at radius 3 is 2.30 bits per heavy atom. The molecule has 7 nitrogen and oxygen atoms in total. The van der Waals surface area contributed by atoms with E-state index in [1.807, 2.05) is 0 Å². The molecule has 3 N–H and O–H groups in total. The van der Waals surface area contributed by atoms with Gasteiger partial charge in [0.2, 0.25) is 0 Å². The molecule has 5 aliphatic carbocycles. The van der Waals surface area contributed by atoms with E-state index in [4.69, 9.17) is 5.73 Å². The zero-order chi connectivity index (χ0) is 30.4. The quantitative estimate of drug-likeness (QED) is 0.269. The molecular formula is C37H65N7. The van der Waals surface area contributed by atoms with E-state index in [9.17, 15) is 5.41 Å². The van der Waals surface area contributed by atoms with Crippen molar-refractivity contribution in [3.63, 3.8) is 0 Å². The second kappa shape index (κ2) is 13.0. The molecule has 2 saturated heterocycles. The number of rotatable bonds is 12. The maximum Gasteiger partial charge on any atom is 0.194 e. The molecule has 7 fully saturated rings. The zero-order valence-corrected chi connectivity index (χ0v) is 28.6. The van der Waals surface area contributed by atoms with Gasteiger partial charge in [0.1, 0.15) is 0 Å². The van der Waals surface area contributed by atoms with E-state index in [1.165, 1.54) is 116 Å². The Morgan fingerprint density at radius 2 is 1.64 bits per heavy atom. The van der Waals surface area contributed by atoms with Crippen molar-refractivity contribution >= 4 is 11.9 Å². The highest BCUT2D eigenvalue weighted by atomic mass is 15.5. The van der Waals surface area contributed by atoms with Gasteiger partial charge in [-0.25, -0.2) is 0 Å². The largest absolute Gasteiger partial charge is 0.370 e. The van der Waals surface area contributed by atoms with E-state index in [0.717, 1.165) is 61.8 Å². The number of aliphatic imine (C=N–C) groups is 1. The Morgan fingerprint density at radius 1 is 0.932 bits per heavy atom. The molecule has 248 valence electrons. The van der Waals surface area contributed by atoms with E-state index in [-0.39, 0.29) is 0 Å². The first-order chi connectivity index (χ1) is 21.3. The molecule has 7 heteroatoms. The van der Waals surface area contributed by atoms with E-state index in [0.29, 0.717) is 35.5 Å². The minimum absolute atomic E-state index is 0.440. The zero-order valence-electron chi connectivity index (χ0n) is 28.6. The lowest BCUT2D eigenvalue weighted by molar-refractivity contribution is -0.0638. The molecule has 8 aliphatic rings. The van der Waals surface area contributed by atoms with Gasteiger partial charge in [0, 0.05) is 44.3 Å². The summed E-state index contributed by atoms with van der Waals surface area (Å²) in [7, 11) is 0. The van der Waals surface area contributed by atoms with Crippen LogP contribution in [0.2, 0.25) is 0 Å². The summed E-state index contributed by atoms with van der Waals surface area (Å²) in [5.74, 6) is 6.00. The Labute approximate surface area is 269 Å². The van der Waals surface area contributed by atoms with Gasteiger partial charge < -0.3 is 20.4 Å². The highest BCUT2D eigenvalue weighted by Crippen LogP contribution is 2.60. The van der Waals surface area contributed by atoms with Crippen LogP contribution in [-0.4, -0.2) is 95.0 Å². The predicted octanol–water partition coefficient (Wildman–Crippen LogP) is 6.38. The van der Waals surface area contributed by atoms with Crippen LogP contribution in [0.25, 0.3) is 0 Å². The monoisotopic (exact) mass is 608 g/mol. The van der Waals surface area contributed by atoms with E-state index in [1.54, 1.807) is 0 Å². The number of likely N-dealkylation sites (tertiary alicyclic amines) is 1. The van der Waals surface area contributed by atoms with Crippen LogP contribution in [0, 0.1) is 40.4 Å². The molecule has 4 bridgehead atoms. The third kappa shape index (κ3) is 6.26. The van der Waals surface area contributed by atoms with Gasteiger partial charge in [-0.15, -0.1) is 0 Å². The number of nitrogens with two attached hydrogens (primary N) is 1. The molecule has 1 unspecified atom stereocenters. The summed E-state index contributed by atoms with van der Waals surface area (Å²) in [5, 5.41) is 9.83. The number of guanidine groups is 2. The standard InChI is InChI=1S/C37H65N7/c1-4-9-32-24-42(36(39)44(32)25-37-18-28-14-29(19-37)16-30(15-28)20-37)33(17-27-10-6-5-7-11-27)22-41-13-8-12-31(41)23-43-34(26(2)3)21-40-35(43)38/h26-34,39H,4-25H2,1-3H3,(H2,38,40)/t28?,29?,30?,31?,32-,33-,34+,37?/m1/s1. The molecule has 0 radical (unpaired) electrons. The van der Waals surface area contributed by atoms with Gasteiger partial charge in [-0.1, -0.05) is 59.3 Å². The van der Waals surface area contributed by atoms with Crippen LogP contribution in [0.4, 0.5) is 0 Å². The SMILES string of the molecule is CCC[C@@H]1CN([C@H](CC2CCCCC2)CN2CCCC2CN2C(N)=NC[C@H]2C(C)C)C(=N)N1CC12CC3CC(CC(C3)C1)C2. The molecule has 44 heavy (non-hydrogen) atoms. The van der Waals surface area contributed by atoms with Gasteiger partial charge in [0.05, 0.1) is 12.6 Å². The number of nitrogens with zero attached hydrogens (tertiary/aromatic N) is 5. The van der Waals surface area contributed by atoms with Crippen molar-refractivity contribution in [2.75, 3.05) is 39.3 Å². The molecule has 0 aromatic rings. The molecule has 0 amide bonds. The van der Waals surface area contributed by atoms with Crippen LogP contribution in [0.1, 0.15) is 124 Å². The van der Waals surface area contributed by atoms with Crippen molar-refractivity contribution in [3.8, 4) is 0 Å². The fraction of sp³-hybridized carbons (Fsp3) is 0.946. The topological polar surface area (TPSA) is 75.2 Å². The average Bonchev–Trinajstić information content (AvgIpc) is 3.67. The summed E-state index contributed by atoms with van der Waals surface area (Å²) >= 11 is 0. The number of nitrogens with one attached hydrogen (secondary N) is 1. The summed E-state index contributed by atoms with van der Waals surface area (Å²) in [6.45, 7) is 13.4. The van der Waals surface area contributed by atoms with Crippen molar-refractivity contribution in [3.05, 3.63) is 0 Å². The molecule has 5 saturated carbocycles. The van der Waals surface area contributed by atoms with Gasteiger partial charge in [-0.2, -0.15) is 0 Å². The molecule has 0 spiro atoms. The molecule has 0 aromatic heterocycles. The van der Waals surface area contributed by atoms with Gasteiger partial charge in [0.25, 0.3) is 0 Å². The molecule has 3 heterocycles. The van der Waals surface area contributed by atoms with Crippen molar-refractivity contribution in [2.24, 2.45) is 45.7 Å². The summed E-state index contributed by atoms with van der Waals surface area (Å²) in [4.78, 5) is 15.2. The van der Waals surface area contributed by atoms with Gasteiger partial charge in [-0.3, -0.25) is 15.3 Å². The van der Waals surface area contributed by atoms with E-state index < -0.39 is 0 Å². The Kier molecular flexibility index (Phi) is 9.16. The second-order valence-corrected chi connectivity index (χ2v) is 17.3. The molecule has 4 atom stereocenters. The first kappa shape index (κ1) is 31.1. The highest BCUT2D eigenvalue weighted by molar-refractivity contribution is 5.80. The maximum atomic E-state index is 9.83. The molecule has 3 aliphatic heterocycles. The first-order valence-electron chi connectivity index (χ1n) is 19.2. The highest BCUT2D eigenvalue weighted by Gasteiger charge is 2.53. The van der Waals surface area contributed by atoms with Gasteiger partial charge >= 0.3 is 0 Å². The average molecular weight is 608 g/mol. The van der Waals surface area contributed by atoms with Crippen LogP contribution < -0.4 is 5.73 Å². The summed E-state index contributed by atoms with van der Waals surface area (Å²) in [6.07, 6.45) is 22.2. The number of hydrogen-bond acceptors (Lipinski definition) is 5. The van der Waals surface area contributed by atoms with Crippen LogP contribution >= 0.6 is 0 Å². The molecule has 8 rings (SSSR count). The Balaban J connectivity index is 1.09. The predicted molar refractivity (Wildman–Crippen MR) is 182 cm³/mol. The van der Waals surface area contributed by atoms with E-state index >= 15 is 0 Å². The maximum absolute atomic E-state index is 9.83. The Bertz CT molecular complexity index is 998. The first-order valence-corrected chi connectivity index (χ1v) is 19.2.